The fraction of sp³-hybridized carbons (Fsp3) is 0.579. The largest absolute Gasteiger partial charge is 0.488 e. The van der Waals surface area contributed by atoms with Crippen LogP contribution in [0.15, 0.2) is 30.6 Å². The molecule has 2 aromatic rings. The highest BCUT2D eigenvalue weighted by Gasteiger charge is 2.43. The lowest BCUT2D eigenvalue weighted by atomic mass is 9.78. The number of aryl methyl sites for hydroxylation is 1. The fourth-order valence-electron chi connectivity index (χ4n) is 4.24. The maximum atomic E-state index is 13.1. The standard InChI is InChI=1S/C19H25FN4O2/c1-2-7-24-19(21-12-22-24)23-10-13-8-17(25)18(9-14(13)11-23)26-16-5-3-15(20)4-6-16/h3-6,12-14,17-18,25H,2,7-11H2,1H3/t13-,14+,17+,18+/m0/s1. The highest BCUT2D eigenvalue weighted by atomic mass is 19.1. The minimum Gasteiger partial charge on any atom is -0.488 e. The maximum Gasteiger partial charge on any atom is 0.223 e. The Morgan fingerprint density at radius 1 is 1.19 bits per heavy atom. The first-order valence-electron chi connectivity index (χ1n) is 9.37. The van der Waals surface area contributed by atoms with E-state index in [-0.39, 0.29) is 11.9 Å². The normalized spacial score (nSPS) is 28.2. The summed E-state index contributed by atoms with van der Waals surface area (Å²) >= 11 is 0. The van der Waals surface area contributed by atoms with Crippen molar-refractivity contribution in [1.82, 2.24) is 14.8 Å². The summed E-state index contributed by atoms with van der Waals surface area (Å²) < 4.78 is 21.0. The summed E-state index contributed by atoms with van der Waals surface area (Å²) in [7, 11) is 0. The van der Waals surface area contributed by atoms with Gasteiger partial charge in [0.1, 0.15) is 24.0 Å². The molecule has 4 atom stereocenters. The molecule has 1 aliphatic heterocycles. The van der Waals surface area contributed by atoms with Gasteiger partial charge < -0.3 is 14.7 Å². The molecule has 6 nitrogen and oxygen atoms in total. The molecule has 1 N–H and O–H groups in total. The number of aliphatic hydroxyl groups is 1. The van der Waals surface area contributed by atoms with E-state index in [4.69, 9.17) is 4.74 Å². The van der Waals surface area contributed by atoms with E-state index in [1.54, 1.807) is 18.5 Å². The van der Waals surface area contributed by atoms with Crippen LogP contribution in [0.25, 0.3) is 0 Å². The zero-order valence-electron chi connectivity index (χ0n) is 15.0. The minimum atomic E-state index is -0.505. The van der Waals surface area contributed by atoms with Gasteiger partial charge in [0.05, 0.1) is 6.10 Å². The molecule has 1 saturated heterocycles. The Balaban J connectivity index is 1.43. The number of halogens is 1. The molecule has 0 unspecified atom stereocenters. The summed E-state index contributed by atoms with van der Waals surface area (Å²) in [6, 6.07) is 5.99. The van der Waals surface area contributed by atoms with Gasteiger partial charge in [-0.2, -0.15) is 10.1 Å². The molecule has 140 valence electrons. The smallest absolute Gasteiger partial charge is 0.223 e. The Bertz CT molecular complexity index is 735. The third kappa shape index (κ3) is 3.40. The van der Waals surface area contributed by atoms with E-state index in [0.29, 0.717) is 17.6 Å². The van der Waals surface area contributed by atoms with Crippen molar-refractivity contribution < 1.29 is 14.2 Å². The van der Waals surface area contributed by atoms with Crippen LogP contribution in [0, 0.1) is 17.7 Å². The summed E-state index contributed by atoms with van der Waals surface area (Å²) in [6.07, 6.45) is 3.38. The second-order valence-electron chi connectivity index (χ2n) is 7.36. The third-order valence-electron chi connectivity index (χ3n) is 5.50. The van der Waals surface area contributed by atoms with Gasteiger partial charge in [-0.3, -0.25) is 0 Å². The van der Waals surface area contributed by atoms with Crippen molar-refractivity contribution in [3.8, 4) is 5.75 Å². The van der Waals surface area contributed by atoms with Crippen molar-refractivity contribution >= 4 is 5.95 Å². The van der Waals surface area contributed by atoms with Crippen LogP contribution in [-0.2, 0) is 6.54 Å². The zero-order valence-corrected chi connectivity index (χ0v) is 15.0. The van der Waals surface area contributed by atoms with Crippen LogP contribution in [-0.4, -0.2) is 45.2 Å². The average Bonchev–Trinajstić information content (AvgIpc) is 3.24. The Hall–Kier alpha value is -2.15. The van der Waals surface area contributed by atoms with E-state index in [2.05, 4.69) is 21.9 Å². The van der Waals surface area contributed by atoms with Crippen molar-refractivity contribution in [3.63, 3.8) is 0 Å². The molecular formula is C19H25FN4O2. The predicted octanol–water partition coefficient (Wildman–Crippen LogP) is 2.48. The molecule has 2 fully saturated rings. The lowest BCUT2D eigenvalue weighted by molar-refractivity contribution is -0.0231. The summed E-state index contributed by atoms with van der Waals surface area (Å²) in [5, 5.41) is 14.9. The van der Waals surface area contributed by atoms with E-state index in [9.17, 15) is 9.50 Å². The molecule has 2 aliphatic rings. The molecule has 4 rings (SSSR count). The Kier molecular flexibility index (Phi) is 4.80. The van der Waals surface area contributed by atoms with Gasteiger partial charge in [0, 0.05) is 19.6 Å². The highest BCUT2D eigenvalue weighted by molar-refractivity contribution is 5.32. The van der Waals surface area contributed by atoms with Gasteiger partial charge in [-0.15, -0.1) is 0 Å². The fourth-order valence-corrected chi connectivity index (χ4v) is 4.24. The van der Waals surface area contributed by atoms with Crippen LogP contribution < -0.4 is 9.64 Å². The monoisotopic (exact) mass is 360 g/mol. The topological polar surface area (TPSA) is 63.4 Å². The first-order chi connectivity index (χ1) is 12.6. The number of ether oxygens (including phenoxy) is 1. The lowest BCUT2D eigenvalue weighted by Crippen LogP contribution is -2.42. The van der Waals surface area contributed by atoms with Crippen LogP contribution >= 0.6 is 0 Å². The molecule has 26 heavy (non-hydrogen) atoms. The van der Waals surface area contributed by atoms with E-state index in [1.807, 2.05) is 4.68 Å². The molecule has 1 aliphatic carbocycles. The lowest BCUT2D eigenvalue weighted by Gasteiger charge is -2.35. The summed E-state index contributed by atoms with van der Waals surface area (Å²) in [4.78, 5) is 6.72. The number of rotatable bonds is 5. The van der Waals surface area contributed by atoms with Gasteiger partial charge in [0.25, 0.3) is 0 Å². The average molecular weight is 360 g/mol. The van der Waals surface area contributed by atoms with Gasteiger partial charge >= 0.3 is 0 Å². The molecular weight excluding hydrogens is 335 g/mol. The molecule has 0 bridgehead atoms. The molecule has 0 amide bonds. The van der Waals surface area contributed by atoms with Crippen LogP contribution in [0.2, 0.25) is 0 Å². The second-order valence-corrected chi connectivity index (χ2v) is 7.36. The van der Waals surface area contributed by atoms with Crippen LogP contribution in [0.5, 0.6) is 5.75 Å². The van der Waals surface area contributed by atoms with Crippen molar-refractivity contribution in [2.75, 3.05) is 18.0 Å². The predicted molar refractivity (Wildman–Crippen MR) is 95.6 cm³/mol. The van der Waals surface area contributed by atoms with Gasteiger partial charge in [0.15, 0.2) is 0 Å². The zero-order chi connectivity index (χ0) is 18.1. The number of hydrogen-bond acceptors (Lipinski definition) is 5. The van der Waals surface area contributed by atoms with E-state index in [0.717, 1.165) is 44.8 Å². The Labute approximate surface area is 152 Å². The summed E-state index contributed by atoms with van der Waals surface area (Å²) in [6.45, 7) is 4.79. The molecule has 7 heteroatoms. The Morgan fingerprint density at radius 3 is 2.65 bits per heavy atom. The van der Waals surface area contributed by atoms with Crippen molar-refractivity contribution in [2.24, 2.45) is 11.8 Å². The SMILES string of the molecule is CCCn1ncnc1N1C[C@H]2C[C@@H](Oc3ccc(F)cc3)[C@H](O)C[C@H]2C1. The summed E-state index contributed by atoms with van der Waals surface area (Å²) in [5.74, 6) is 2.13. The number of aliphatic hydroxyl groups excluding tert-OH is 1. The number of benzene rings is 1. The highest BCUT2D eigenvalue weighted by Crippen LogP contribution is 2.39. The second kappa shape index (κ2) is 7.23. The number of hydrogen-bond donors (Lipinski definition) is 1. The van der Waals surface area contributed by atoms with Crippen LogP contribution in [0.3, 0.4) is 0 Å². The minimum absolute atomic E-state index is 0.254. The van der Waals surface area contributed by atoms with Crippen LogP contribution in [0.1, 0.15) is 26.2 Å². The molecule has 2 heterocycles. The first kappa shape index (κ1) is 17.3. The van der Waals surface area contributed by atoms with Crippen LogP contribution in [0.4, 0.5) is 10.3 Å². The molecule has 0 radical (unpaired) electrons. The molecule has 1 saturated carbocycles. The van der Waals surface area contributed by atoms with Crippen molar-refractivity contribution in [1.29, 1.82) is 0 Å². The van der Waals surface area contributed by atoms with Gasteiger partial charge in [-0.05, 0) is 55.4 Å². The van der Waals surface area contributed by atoms with Gasteiger partial charge in [-0.25, -0.2) is 9.07 Å². The molecule has 1 aromatic carbocycles. The number of aromatic nitrogens is 3. The summed E-state index contributed by atoms with van der Waals surface area (Å²) in [5.41, 5.74) is 0. The molecule has 0 spiro atoms. The molecule has 1 aromatic heterocycles. The van der Waals surface area contributed by atoms with Crippen molar-refractivity contribution in [3.05, 3.63) is 36.4 Å². The number of anilines is 1. The Morgan fingerprint density at radius 2 is 1.92 bits per heavy atom. The quantitative estimate of drug-likeness (QED) is 0.888. The van der Waals surface area contributed by atoms with Gasteiger partial charge in [0.2, 0.25) is 5.95 Å². The first-order valence-corrected chi connectivity index (χ1v) is 9.37. The van der Waals surface area contributed by atoms with Gasteiger partial charge in [-0.1, -0.05) is 6.92 Å². The van der Waals surface area contributed by atoms with E-state index < -0.39 is 6.10 Å². The number of fused-ring (bicyclic) bond motifs is 1. The van der Waals surface area contributed by atoms with E-state index in [1.165, 1.54) is 12.1 Å². The third-order valence-corrected chi connectivity index (χ3v) is 5.50. The number of nitrogens with zero attached hydrogens (tertiary/aromatic N) is 4. The maximum absolute atomic E-state index is 13.1. The van der Waals surface area contributed by atoms with E-state index >= 15 is 0 Å². The van der Waals surface area contributed by atoms with Crippen molar-refractivity contribution in [2.45, 2.75) is 44.9 Å².